The zero-order valence-electron chi connectivity index (χ0n) is 11.6. The first-order valence-corrected chi connectivity index (χ1v) is 7.42. The highest BCUT2D eigenvalue weighted by Crippen LogP contribution is 2.33. The molecule has 2 fully saturated rings. The van der Waals surface area contributed by atoms with Crippen molar-refractivity contribution >= 4 is 17.3 Å². The molecule has 1 aromatic rings. The summed E-state index contributed by atoms with van der Waals surface area (Å²) in [6, 6.07) is 7.39. The molecular weight excluding hydrogens is 292 g/mol. The van der Waals surface area contributed by atoms with Crippen molar-refractivity contribution in [3.05, 3.63) is 28.8 Å². The number of rotatable bonds is 3. The van der Waals surface area contributed by atoms with Crippen molar-refractivity contribution in [1.82, 2.24) is 0 Å². The molecule has 0 amide bonds. The van der Waals surface area contributed by atoms with Crippen molar-refractivity contribution in [3.8, 4) is 6.07 Å². The van der Waals surface area contributed by atoms with Crippen LogP contribution in [0.1, 0.15) is 18.4 Å². The molecule has 5 nitrogen and oxygen atoms in total. The summed E-state index contributed by atoms with van der Waals surface area (Å²) in [6.45, 7) is 2.44. The second-order valence-electron chi connectivity index (χ2n) is 5.23. The first kappa shape index (κ1) is 14.6. The van der Waals surface area contributed by atoms with Crippen LogP contribution in [0.3, 0.4) is 0 Å². The molecule has 1 aromatic carbocycles. The Morgan fingerprint density at radius 1 is 1.38 bits per heavy atom. The monoisotopic (exact) mass is 308 g/mol. The number of nitrogens with zero attached hydrogens (tertiary/aromatic N) is 1. The molecule has 1 N–H and O–H groups in total. The summed E-state index contributed by atoms with van der Waals surface area (Å²) in [5, 5.41) is 12.9. The zero-order chi connectivity index (χ0) is 14.7. The average Bonchev–Trinajstić information content (AvgIpc) is 2.89. The Hall–Kier alpha value is -1.32. The van der Waals surface area contributed by atoms with Crippen molar-refractivity contribution in [2.75, 3.05) is 31.7 Å². The Kier molecular flexibility index (Phi) is 4.32. The molecule has 21 heavy (non-hydrogen) atoms. The van der Waals surface area contributed by atoms with Gasteiger partial charge in [0.05, 0.1) is 36.1 Å². The van der Waals surface area contributed by atoms with Crippen LogP contribution in [-0.4, -0.2) is 38.3 Å². The molecule has 0 aliphatic carbocycles. The van der Waals surface area contributed by atoms with Gasteiger partial charge >= 0.3 is 0 Å². The third-order valence-corrected chi connectivity index (χ3v) is 4.12. The largest absolute Gasteiger partial charge is 0.381 e. The fourth-order valence-corrected chi connectivity index (χ4v) is 2.92. The van der Waals surface area contributed by atoms with Crippen LogP contribution in [0.2, 0.25) is 5.02 Å². The molecule has 2 aliphatic heterocycles. The van der Waals surface area contributed by atoms with E-state index >= 15 is 0 Å². The van der Waals surface area contributed by atoms with Gasteiger partial charge in [-0.3, -0.25) is 0 Å². The topological polar surface area (TPSA) is 63.5 Å². The predicted octanol–water partition coefficient (Wildman–Crippen LogP) is 2.55. The highest BCUT2D eigenvalue weighted by atomic mass is 35.5. The van der Waals surface area contributed by atoms with Gasteiger partial charge in [0.1, 0.15) is 12.2 Å². The number of hydrogen-bond donors (Lipinski definition) is 1. The lowest BCUT2D eigenvalue weighted by Gasteiger charge is -2.31. The van der Waals surface area contributed by atoms with Crippen LogP contribution in [-0.2, 0) is 14.2 Å². The van der Waals surface area contributed by atoms with Gasteiger partial charge in [-0.05, 0) is 12.1 Å². The highest BCUT2D eigenvalue weighted by Gasteiger charge is 2.42. The molecule has 6 heteroatoms. The Morgan fingerprint density at radius 2 is 2.19 bits per heavy atom. The van der Waals surface area contributed by atoms with Gasteiger partial charge in [-0.1, -0.05) is 17.7 Å². The third-order valence-electron chi connectivity index (χ3n) is 3.81. The van der Waals surface area contributed by atoms with E-state index in [9.17, 15) is 0 Å². The lowest BCUT2D eigenvalue weighted by atomic mass is 10.1. The maximum atomic E-state index is 9.12. The number of nitriles is 1. The predicted molar refractivity (Wildman–Crippen MR) is 78.3 cm³/mol. The number of halogens is 1. The van der Waals surface area contributed by atoms with E-state index in [4.69, 9.17) is 31.1 Å². The lowest BCUT2D eigenvalue weighted by molar-refractivity contribution is -0.209. The zero-order valence-corrected chi connectivity index (χ0v) is 12.4. The Morgan fingerprint density at radius 3 is 2.95 bits per heavy atom. The van der Waals surface area contributed by atoms with E-state index in [0.29, 0.717) is 42.6 Å². The normalized spacial score (nSPS) is 23.9. The van der Waals surface area contributed by atoms with Gasteiger partial charge in [-0.25, -0.2) is 0 Å². The van der Waals surface area contributed by atoms with Crippen molar-refractivity contribution in [3.63, 3.8) is 0 Å². The maximum Gasteiger partial charge on any atom is 0.173 e. The molecule has 1 unspecified atom stereocenters. The summed E-state index contributed by atoms with van der Waals surface area (Å²) in [6.07, 6.45) is 1.48. The quantitative estimate of drug-likeness (QED) is 0.929. The van der Waals surface area contributed by atoms with Crippen molar-refractivity contribution in [1.29, 1.82) is 5.26 Å². The van der Waals surface area contributed by atoms with Crippen LogP contribution < -0.4 is 5.32 Å². The molecule has 0 bridgehead atoms. The van der Waals surface area contributed by atoms with Gasteiger partial charge in [-0.15, -0.1) is 0 Å². The number of ether oxygens (including phenoxy) is 3. The van der Waals surface area contributed by atoms with Gasteiger partial charge in [0.15, 0.2) is 5.79 Å². The minimum atomic E-state index is -0.483. The van der Waals surface area contributed by atoms with Gasteiger partial charge in [0, 0.05) is 19.4 Å². The van der Waals surface area contributed by atoms with E-state index in [1.807, 2.05) is 0 Å². The second-order valence-corrected chi connectivity index (χ2v) is 5.64. The van der Waals surface area contributed by atoms with E-state index in [-0.39, 0.29) is 6.10 Å². The summed E-state index contributed by atoms with van der Waals surface area (Å²) in [5.74, 6) is -0.483. The molecule has 1 spiro atoms. The summed E-state index contributed by atoms with van der Waals surface area (Å²) in [7, 11) is 0. The maximum absolute atomic E-state index is 9.12. The van der Waals surface area contributed by atoms with Crippen molar-refractivity contribution < 1.29 is 14.2 Å². The molecule has 1 atom stereocenters. The standard InChI is InChI=1S/C15H17ClN2O3/c16-13-3-1-2-11(8-17)14(13)18-9-12-10-20-15(21-12)4-6-19-7-5-15/h1-3,12,18H,4-7,9-10H2. The second kappa shape index (κ2) is 6.20. The Balaban J connectivity index is 1.61. The smallest absolute Gasteiger partial charge is 0.173 e. The van der Waals surface area contributed by atoms with Crippen LogP contribution >= 0.6 is 11.6 Å². The first-order valence-electron chi connectivity index (χ1n) is 7.04. The molecule has 3 rings (SSSR count). The van der Waals surface area contributed by atoms with E-state index in [1.54, 1.807) is 18.2 Å². The van der Waals surface area contributed by atoms with Gasteiger partial charge in [0.25, 0.3) is 0 Å². The number of para-hydroxylation sites is 1. The molecular formula is C15H17ClN2O3. The minimum absolute atomic E-state index is 0.0501. The molecule has 0 aromatic heterocycles. The van der Waals surface area contributed by atoms with E-state index in [0.717, 1.165) is 12.8 Å². The van der Waals surface area contributed by atoms with Crippen LogP contribution in [0, 0.1) is 11.3 Å². The Labute approximate surface area is 128 Å². The molecule has 2 heterocycles. The van der Waals surface area contributed by atoms with E-state index in [1.165, 1.54) is 0 Å². The van der Waals surface area contributed by atoms with Gasteiger partial charge in [0.2, 0.25) is 0 Å². The number of nitrogens with one attached hydrogen (secondary N) is 1. The summed E-state index contributed by atoms with van der Waals surface area (Å²) in [5.41, 5.74) is 1.18. The molecule has 0 radical (unpaired) electrons. The molecule has 0 saturated carbocycles. The summed E-state index contributed by atoms with van der Waals surface area (Å²) in [4.78, 5) is 0. The minimum Gasteiger partial charge on any atom is -0.381 e. The van der Waals surface area contributed by atoms with Crippen LogP contribution in [0.5, 0.6) is 0 Å². The molecule has 2 aliphatic rings. The van der Waals surface area contributed by atoms with Gasteiger partial charge < -0.3 is 19.5 Å². The van der Waals surface area contributed by atoms with Crippen molar-refractivity contribution in [2.45, 2.75) is 24.7 Å². The van der Waals surface area contributed by atoms with Crippen LogP contribution in [0.15, 0.2) is 18.2 Å². The molecule has 2 saturated heterocycles. The highest BCUT2D eigenvalue weighted by molar-refractivity contribution is 6.33. The number of benzene rings is 1. The van der Waals surface area contributed by atoms with E-state index in [2.05, 4.69) is 11.4 Å². The fraction of sp³-hybridized carbons (Fsp3) is 0.533. The summed E-state index contributed by atoms with van der Waals surface area (Å²) >= 11 is 6.13. The van der Waals surface area contributed by atoms with Crippen molar-refractivity contribution in [2.24, 2.45) is 0 Å². The fourth-order valence-electron chi connectivity index (χ4n) is 2.67. The molecule has 112 valence electrons. The third kappa shape index (κ3) is 3.14. The SMILES string of the molecule is N#Cc1cccc(Cl)c1NCC1COC2(CCOCC2)O1. The summed E-state index contributed by atoms with van der Waals surface area (Å²) < 4.78 is 17.2. The van der Waals surface area contributed by atoms with Gasteiger partial charge in [-0.2, -0.15) is 5.26 Å². The first-order chi connectivity index (χ1) is 10.2. The number of anilines is 1. The Bertz CT molecular complexity index is 552. The average molecular weight is 309 g/mol. The van der Waals surface area contributed by atoms with Crippen LogP contribution in [0.4, 0.5) is 5.69 Å². The van der Waals surface area contributed by atoms with E-state index < -0.39 is 5.79 Å². The van der Waals surface area contributed by atoms with Crippen LogP contribution in [0.25, 0.3) is 0 Å². The number of hydrogen-bond acceptors (Lipinski definition) is 5. The lowest BCUT2D eigenvalue weighted by Crippen LogP contribution is -2.38.